The van der Waals surface area contributed by atoms with Gasteiger partial charge in [-0.3, -0.25) is 19.1 Å². The Morgan fingerprint density at radius 3 is 2.75 bits per heavy atom. The molecule has 1 N–H and O–H groups in total. The fraction of sp³-hybridized carbons (Fsp3) is 0.615. The Morgan fingerprint density at radius 1 is 1.40 bits per heavy atom. The zero-order chi connectivity index (χ0) is 15.0. The summed E-state index contributed by atoms with van der Waals surface area (Å²) in [5, 5.41) is 0. The number of amides is 1. The smallest absolute Gasteiger partial charge is 0.328 e. The molecule has 6 nitrogen and oxygen atoms in total. The Kier molecular flexibility index (Phi) is 7.14. The first-order chi connectivity index (χ1) is 9.58. The SMILES string of the molecule is CCCC(=O)N(CCSC)CCn1ccc(=O)[nH]c1=O. The van der Waals surface area contributed by atoms with Crippen LogP contribution in [0.4, 0.5) is 0 Å². The Labute approximate surface area is 122 Å². The first-order valence-electron chi connectivity index (χ1n) is 6.65. The van der Waals surface area contributed by atoms with Gasteiger partial charge >= 0.3 is 5.69 Å². The van der Waals surface area contributed by atoms with Crippen LogP contribution in [0.2, 0.25) is 0 Å². The molecule has 7 heteroatoms. The van der Waals surface area contributed by atoms with Crippen LogP contribution in [0.1, 0.15) is 19.8 Å². The molecule has 1 heterocycles. The van der Waals surface area contributed by atoms with Gasteiger partial charge in [0.15, 0.2) is 0 Å². The van der Waals surface area contributed by atoms with Crippen LogP contribution in [-0.4, -0.2) is 45.5 Å². The minimum absolute atomic E-state index is 0.110. The van der Waals surface area contributed by atoms with Crippen LogP contribution in [0, 0.1) is 0 Å². The summed E-state index contributed by atoms with van der Waals surface area (Å²) in [4.78, 5) is 38.5. The van der Waals surface area contributed by atoms with E-state index in [0.717, 1.165) is 12.2 Å². The molecule has 1 rings (SSSR count). The average molecular weight is 299 g/mol. The molecule has 0 bridgehead atoms. The number of aromatic amines is 1. The van der Waals surface area contributed by atoms with Gasteiger partial charge in [-0.05, 0) is 12.7 Å². The van der Waals surface area contributed by atoms with Crippen molar-refractivity contribution >= 4 is 17.7 Å². The molecule has 0 aliphatic carbocycles. The van der Waals surface area contributed by atoms with E-state index in [1.165, 1.54) is 16.8 Å². The highest BCUT2D eigenvalue weighted by molar-refractivity contribution is 7.98. The predicted molar refractivity (Wildman–Crippen MR) is 81.2 cm³/mol. The zero-order valence-corrected chi connectivity index (χ0v) is 12.7. The minimum Gasteiger partial charge on any atom is -0.340 e. The molecule has 0 atom stereocenters. The third-order valence-electron chi connectivity index (χ3n) is 2.89. The van der Waals surface area contributed by atoms with Gasteiger partial charge in [0, 0.05) is 44.1 Å². The highest BCUT2D eigenvalue weighted by Gasteiger charge is 2.12. The van der Waals surface area contributed by atoms with E-state index in [4.69, 9.17) is 0 Å². The van der Waals surface area contributed by atoms with Crippen LogP contribution >= 0.6 is 11.8 Å². The number of aromatic nitrogens is 2. The topological polar surface area (TPSA) is 75.2 Å². The lowest BCUT2D eigenvalue weighted by atomic mass is 10.3. The number of carbonyl (C=O) groups is 1. The van der Waals surface area contributed by atoms with Crippen molar-refractivity contribution in [2.24, 2.45) is 0 Å². The van der Waals surface area contributed by atoms with E-state index < -0.39 is 11.2 Å². The second kappa shape index (κ2) is 8.63. The van der Waals surface area contributed by atoms with Crippen LogP contribution in [0.3, 0.4) is 0 Å². The molecule has 1 aromatic rings. The third kappa shape index (κ3) is 5.24. The van der Waals surface area contributed by atoms with E-state index in [1.807, 2.05) is 13.2 Å². The molecule has 0 unspecified atom stereocenters. The van der Waals surface area contributed by atoms with Gasteiger partial charge in [-0.25, -0.2) is 4.79 Å². The second-order valence-corrected chi connectivity index (χ2v) is 5.41. The van der Waals surface area contributed by atoms with Gasteiger partial charge in [0.05, 0.1) is 0 Å². The van der Waals surface area contributed by atoms with Crippen LogP contribution in [-0.2, 0) is 11.3 Å². The second-order valence-electron chi connectivity index (χ2n) is 4.43. The summed E-state index contributed by atoms with van der Waals surface area (Å²) < 4.78 is 1.41. The lowest BCUT2D eigenvalue weighted by molar-refractivity contribution is -0.131. The molecule has 0 radical (unpaired) electrons. The molecular weight excluding hydrogens is 278 g/mol. The van der Waals surface area contributed by atoms with Gasteiger partial charge in [0.1, 0.15) is 0 Å². The lowest BCUT2D eigenvalue weighted by Crippen LogP contribution is -2.38. The van der Waals surface area contributed by atoms with Gasteiger partial charge in [-0.1, -0.05) is 6.92 Å². The summed E-state index contributed by atoms with van der Waals surface area (Å²) in [6.45, 7) is 3.51. The Hall–Kier alpha value is -1.50. The van der Waals surface area contributed by atoms with E-state index in [9.17, 15) is 14.4 Å². The molecule has 20 heavy (non-hydrogen) atoms. The monoisotopic (exact) mass is 299 g/mol. The molecule has 112 valence electrons. The predicted octanol–water partition coefficient (Wildman–Crippen LogP) is 0.528. The van der Waals surface area contributed by atoms with Gasteiger partial charge < -0.3 is 4.90 Å². The number of carbonyl (C=O) groups excluding carboxylic acids is 1. The first-order valence-corrected chi connectivity index (χ1v) is 8.04. The van der Waals surface area contributed by atoms with Gasteiger partial charge in [0.25, 0.3) is 5.56 Å². The summed E-state index contributed by atoms with van der Waals surface area (Å²) in [6.07, 6.45) is 4.79. The van der Waals surface area contributed by atoms with Gasteiger partial charge in [-0.15, -0.1) is 0 Å². The molecule has 0 aliphatic heterocycles. The standard InChI is InChI=1S/C13H21N3O3S/c1-3-4-12(18)15(9-10-20-2)7-8-16-6-5-11(17)14-13(16)19/h5-6H,3-4,7-10H2,1-2H3,(H,14,17,19). The van der Waals surface area contributed by atoms with Crippen molar-refractivity contribution in [3.8, 4) is 0 Å². The number of rotatable bonds is 8. The molecule has 1 aromatic heterocycles. The van der Waals surface area contributed by atoms with E-state index in [1.54, 1.807) is 16.7 Å². The van der Waals surface area contributed by atoms with E-state index in [2.05, 4.69) is 4.98 Å². The summed E-state index contributed by atoms with van der Waals surface area (Å²) in [5.41, 5.74) is -0.849. The van der Waals surface area contributed by atoms with Crippen molar-refractivity contribution in [1.29, 1.82) is 0 Å². The van der Waals surface area contributed by atoms with Crippen molar-refractivity contribution in [2.75, 3.05) is 25.1 Å². The summed E-state index contributed by atoms with van der Waals surface area (Å²) in [6, 6.07) is 1.31. The number of H-pyrrole nitrogens is 1. The number of thioether (sulfide) groups is 1. The number of nitrogens with zero attached hydrogens (tertiary/aromatic N) is 2. The first kappa shape index (κ1) is 16.6. The van der Waals surface area contributed by atoms with Crippen LogP contribution < -0.4 is 11.2 Å². The average Bonchev–Trinajstić information content (AvgIpc) is 2.41. The molecule has 0 saturated heterocycles. The zero-order valence-electron chi connectivity index (χ0n) is 11.9. The lowest BCUT2D eigenvalue weighted by Gasteiger charge is -2.22. The number of nitrogens with one attached hydrogen (secondary N) is 1. The van der Waals surface area contributed by atoms with Crippen LogP contribution in [0.25, 0.3) is 0 Å². The molecule has 1 amide bonds. The normalized spacial score (nSPS) is 10.5. The van der Waals surface area contributed by atoms with Crippen molar-refractivity contribution in [2.45, 2.75) is 26.3 Å². The van der Waals surface area contributed by atoms with E-state index in [-0.39, 0.29) is 5.91 Å². The number of hydrogen-bond donors (Lipinski definition) is 1. The summed E-state index contributed by atoms with van der Waals surface area (Å²) in [5.74, 6) is 0.981. The Balaban J connectivity index is 2.67. The van der Waals surface area contributed by atoms with Crippen LogP contribution in [0.15, 0.2) is 21.9 Å². The molecular formula is C13H21N3O3S. The largest absolute Gasteiger partial charge is 0.340 e. The maximum absolute atomic E-state index is 12.0. The van der Waals surface area contributed by atoms with Crippen molar-refractivity contribution in [3.63, 3.8) is 0 Å². The van der Waals surface area contributed by atoms with Crippen molar-refractivity contribution in [1.82, 2.24) is 14.5 Å². The molecule has 0 fully saturated rings. The quantitative estimate of drug-likeness (QED) is 0.760. The highest BCUT2D eigenvalue weighted by atomic mass is 32.2. The summed E-state index contributed by atoms with van der Waals surface area (Å²) in [7, 11) is 0. The van der Waals surface area contributed by atoms with Gasteiger partial charge in [-0.2, -0.15) is 11.8 Å². The maximum atomic E-state index is 12.0. The summed E-state index contributed by atoms with van der Waals surface area (Å²) >= 11 is 1.68. The molecule has 0 saturated carbocycles. The fourth-order valence-electron chi connectivity index (χ4n) is 1.78. The number of hydrogen-bond acceptors (Lipinski definition) is 4. The molecule has 0 spiro atoms. The van der Waals surface area contributed by atoms with Gasteiger partial charge in [0.2, 0.25) is 5.91 Å². The van der Waals surface area contributed by atoms with Crippen molar-refractivity contribution in [3.05, 3.63) is 33.1 Å². The van der Waals surface area contributed by atoms with E-state index >= 15 is 0 Å². The van der Waals surface area contributed by atoms with E-state index in [0.29, 0.717) is 26.1 Å². The highest BCUT2D eigenvalue weighted by Crippen LogP contribution is 2.01. The molecule has 0 aromatic carbocycles. The van der Waals surface area contributed by atoms with Crippen LogP contribution in [0.5, 0.6) is 0 Å². The Morgan fingerprint density at radius 2 is 2.15 bits per heavy atom. The third-order valence-corrected chi connectivity index (χ3v) is 3.48. The minimum atomic E-state index is -0.440. The maximum Gasteiger partial charge on any atom is 0.328 e. The molecule has 0 aliphatic rings. The Bertz CT molecular complexity index is 538. The van der Waals surface area contributed by atoms with Crippen molar-refractivity contribution < 1.29 is 4.79 Å². The fourth-order valence-corrected chi connectivity index (χ4v) is 2.19.